The Labute approximate surface area is 91.0 Å². The minimum atomic E-state index is 0.494. The molecule has 1 aromatic carbocycles. The third-order valence-electron chi connectivity index (χ3n) is 2.98. The SMILES string of the molecule is C=C(c1cc2ccccc2n1C)C(C)C. The molecule has 0 aliphatic heterocycles. The molecule has 78 valence electrons. The van der Waals surface area contributed by atoms with E-state index in [-0.39, 0.29) is 0 Å². The molecule has 0 aliphatic carbocycles. The highest BCUT2D eigenvalue weighted by Crippen LogP contribution is 2.26. The molecule has 0 amide bonds. The average molecular weight is 199 g/mol. The van der Waals surface area contributed by atoms with E-state index in [2.05, 4.69) is 62.4 Å². The highest BCUT2D eigenvalue weighted by atomic mass is 14.9. The number of allylic oxidation sites excluding steroid dienone is 1. The van der Waals surface area contributed by atoms with Gasteiger partial charge in [-0.05, 0) is 23.6 Å². The number of nitrogens with zero attached hydrogens (tertiary/aromatic N) is 1. The predicted octanol–water partition coefficient (Wildman–Crippen LogP) is 3.85. The highest BCUT2D eigenvalue weighted by molar-refractivity contribution is 5.85. The topological polar surface area (TPSA) is 4.93 Å². The van der Waals surface area contributed by atoms with Crippen LogP contribution in [0.1, 0.15) is 19.5 Å². The lowest BCUT2D eigenvalue weighted by atomic mass is 10.0. The zero-order valence-corrected chi connectivity index (χ0v) is 9.62. The van der Waals surface area contributed by atoms with Gasteiger partial charge in [-0.25, -0.2) is 0 Å². The average Bonchev–Trinajstić information content (AvgIpc) is 2.56. The molecule has 0 N–H and O–H groups in total. The molecule has 0 aliphatic rings. The van der Waals surface area contributed by atoms with Crippen LogP contribution >= 0.6 is 0 Å². The molecular weight excluding hydrogens is 182 g/mol. The van der Waals surface area contributed by atoms with Gasteiger partial charge in [0.2, 0.25) is 0 Å². The molecule has 0 saturated heterocycles. The summed E-state index contributed by atoms with van der Waals surface area (Å²) in [6, 6.07) is 10.7. The van der Waals surface area contributed by atoms with Crippen molar-refractivity contribution in [3.8, 4) is 0 Å². The number of aryl methyl sites for hydroxylation is 1. The maximum Gasteiger partial charge on any atom is 0.0482 e. The molecule has 0 atom stereocenters. The lowest BCUT2D eigenvalue weighted by Gasteiger charge is -2.10. The first-order chi connectivity index (χ1) is 7.11. The van der Waals surface area contributed by atoms with Crippen LogP contribution in [0.2, 0.25) is 0 Å². The summed E-state index contributed by atoms with van der Waals surface area (Å²) >= 11 is 0. The molecule has 1 nitrogen and oxygen atoms in total. The summed E-state index contributed by atoms with van der Waals surface area (Å²) in [4.78, 5) is 0. The Balaban J connectivity index is 2.63. The van der Waals surface area contributed by atoms with E-state index in [1.807, 2.05) is 0 Å². The summed E-state index contributed by atoms with van der Waals surface area (Å²) in [5.74, 6) is 0.494. The fourth-order valence-corrected chi connectivity index (χ4v) is 1.89. The van der Waals surface area contributed by atoms with E-state index >= 15 is 0 Å². The lowest BCUT2D eigenvalue weighted by Crippen LogP contribution is -1.99. The molecule has 0 radical (unpaired) electrons. The van der Waals surface area contributed by atoms with Gasteiger partial charge in [-0.1, -0.05) is 38.6 Å². The van der Waals surface area contributed by atoms with Gasteiger partial charge in [-0.15, -0.1) is 0 Å². The van der Waals surface area contributed by atoms with E-state index in [9.17, 15) is 0 Å². The molecule has 1 heterocycles. The van der Waals surface area contributed by atoms with E-state index < -0.39 is 0 Å². The Kier molecular flexibility index (Phi) is 2.39. The second-order valence-electron chi connectivity index (χ2n) is 4.33. The third kappa shape index (κ3) is 1.58. The van der Waals surface area contributed by atoms with Gasteiger partial charge in [-0.2, -0.15) is 0 Å². The Bertz CT molecular complexity index is 503. The molecule has 0 spiro atoms. The first kappa shape index (κ1) is 10.0. The number of rotatable bonds is 2. The third-order valence-corrected chi connectivity index (χ3v) is 2.98. The van der Waals surface area contributed by atoms with E-state index in [1.165, 1.54) is 22.2 Å². The molecule has 2 rings (SSSR count). The van der Waals surface area contributed by atoms with Crippen molar-refractivity contribution >= 4 is 16.5 Å². The Morgan fingerprint density at radius 3 is 2.53 bits per heavy atom. The zero-order valence-electron chi connectivity index (χ0n) is 9.62. The fourth-order valence-electron chi connectivity index (χ4n) is 1.89. The van der Waals surface area contributed by atoms with Gasteiger partial charge >= 0.3 is 0 Å². The number of hydrogen-bond acceptors (Lipinski definition) is 0. The van der Waals surface area contributed by atoms with Crippen LogP contribution in [0.25, 0.3) is 16.5 Å². The number of hydrogen-bond donors (Lipinski definition) is 0. The molecule has 1 aromatic heterocycles. The standard InChI is InChI=1S/C14H17N/c1-10(2)11(3)14-9-12-7-5-6-8-13(12)15(14)4/h5-10H,3H2,1-2,4H3. The monoisotopic (exact) mass is 199 g/mol. The fraction of sp³-hybridized carbons (Fsp3) is 0.286. The number of benzene rings is 1. The molecule has 1 heteroatoms. The predicted molar refractivity (Wildman–Crippen MR) is 66.8 cm³/mol. The van der Waals surface area contributed by atoms with Crippen molar-refractivity contribution in [3.05, 3.63) is 42.6 Å². The molecule has 15 heavy (non-hydrogen) atoms. The van der Waals surface area contributed by atoms with Crippen molar-refractivity contribution in [2.24, 2.45) is 13.0 Å². The van der Waals surface area contributed by atoms with Crippen LogP contribution in [-0.2, 0) is 7.05 Å². The Morgan fingerprint density at radius 1 is 1.27 bits per heavy atom. The van der Waals surface area contributed by atoms with Gasteiger partial charge in [0.05, 0.1) is 0 Å². The summed E-state index contributed by atoms with van der Waals surface area (Å²) in [7, 11) is 2.10. The van der Waals surface area contributed by atoms with Crippen LogP contribution < -0.4 is 0 Å². The summed E-state index contributed by atoms with van der Waals surface area (Å²) in [5.41, 5.74) is 3.72. The van der Waals surface area contributed by atoms with Crippen LogP contribution in [0.3, 0.4) is 0 Å². The van der Waals surface area contributed by atoms with Crippen LogP contribution in [0.5, 0.6) is 0 Å². The van der Waals surface area contributed by atoms with Gasteiger partial charge in [0.25, 0.3) is 0 Å². The van der Waals surface area contributed by atoms with Crippen LogP contribution in [0.4, 0.5) is 0 Å². The van der Waals surface area contributed by atoms with Crippen LogP contribution in [0, 0.1) is 5.92 Å². The van der Waals surface area contributed by atoms with Crippen molar-refractivity contribution in [3.63, 3.8) is 0 Å². The first-order valence-electron chi connectivity index (χ1n) is 5.35. The van der Waals surface area contributed by atoms with Crippen LogP contribution in [0.15, 0.2) is 36.9 Å². The van der Waals surface area contributed by atoms with Crippen molar-refractivity contribution in [1.82, 2.24) is 4.57 Å². The summed E-state index contributed by atoms with van der Waals surface area (Å²) in [5, 5.41) is 1.29. The highest BCUT2D eigenvalue weighted by Gasteiger charge is 2.10. The van der Waals surface area contributed by atoms with Crippen molar-refractivity contribution in [2.45, 2.75) is 13.8 Å². The van der Waals surface area contributed by atoms with Gasteiger partial charge in [0.1, 0.15) is 0 Å². The number of fused-ring (bicyclic) bond motifs is 1. The normalized spacial score (nSPS) is 11.2. The summed E-state index contributed by atoms with van der Waals surface area (Å²) < 4.78 is 2.22. The zero-order chi connectivity index (χ0) is 11.0. The van der Waals surface area contributed by atoms with E-state index in [1.54, 1.807) is 0 Å². The summed E-state index contributed by atoms with van der Waals surface area (Å²) in [6.07, 6.45) is 0. The van der Waals surface area contributed by atoms with Gasteiger partial charge in [0, 0.05) is 23.6 Å². The largest absolute Gasteiger partial charge is 0.344 e. The maximum atomic E-state index is 4.16. The van der Waals surface area contributed by atoms with Crippen molar-refractivity contribution in [2.75, 3.05) is 0 Å². The second-order valence-corrected chi connectivity index (χ2v) is 4.33. The summed E-state index contributed by atoms with van der Waals surface area (Å²) in [6.45, 7) is 8.52. The van der Waals surface area contributed by atoms with Gasteiger partial charge in [0.15, 0.2) is 0 Å². The Hall–Kier alpha value is -1.50. The molecule has 0 bridgehead atoms. The van der Waals surface area contributed by atoms with E-state index in [0.717, 1.165) is 0 Å². The van der Waals surface area contributed by atoms with Crippen molar-refractivity contribution < 1.29 is 0 Å². The molecular formula is C14H17N. The van der Waals surface area contributed by atoms with E-state index in [4.69, 9.17) is 0 Å². The van der Waals surface area contributed by atoms with E-state index in [0.29, 0.717) is 5.92 Å². The molecule has 2 aromatic rings. The molecule has 0 saturated carbocycles. The first-order valence-corrected chi connectivity index (χ1v) is 5.35. The van der Waals surface area contributed by atoms with Crippen molar-refractivity contribution in [1.29, 1.82) is 0 Å². The Morgan fingerprint density at radius 2 is 1.93 bits per heavy atom. The van der Waals surface area contributed by atoms with Gasteiger partial charge < -0.3 is 4.57 Å². The molecule has 0 fully saturated rings. The minimum absolute atomic E-state index is 0.494. The lowest BCUT2D eigenvalue weighted by molar-refractivity contribution is 0.829. The second kappa shape index (κ2) is 3.58. The minimum Gasteiger partial charge on any atom is -0.344 e. The van der Waals surface area contributed by atoms with Gasteiger partial charge in [-0.3, -0.25) is 0 Å². The van der Waals surface area contributed by atoms with Crippen LogP contribution in [-0.4, -0.2) is 4.57 Å². The number of para-hydroxylation sites is 1. The maximum absolute atomic E-state index is 4.16. The quantitative estimate of drug-likeness (QED) is 0.692. The number of aromatic nitrogens is 1. The smallest absolute Gasteiger partial charge is 0.0482 e. The molecule has 0 unspecified atom stereocenters.